The van der Waals surface area contributed by atoms with E-state index >= 15 is 0 Å². The lowest BCUT2D eigenvalue weighted by molar-refractivity contribution is -0.137. The molecule has 0 saturated carbocycles. The molecule has 3 rings (SSSR count). The maximum atomic E-state index is 12.6. The van der Waals surface area contributed by atoms with Crippen molar-refractivity contribution < 1.29 is 80.5 Å². The molecule has 1 fully saturated rings. The number of nitrogens with one attached hydrogen (secondary N) is 2. The van der Waals surface area contributed by atoms with Gasteiger partial charge in [0.1, 0.15) is 36.3 Å². The molecule has 2 amide bonds. The van der Waals surface area contributed by atoms with Crippen LogP contribution in [0.25, 0.3) is 11.2 Å². The highest BCUT2D eigenvalue weighted by Gasteiger charge is 2.50. The number of nitrogen functional groups attached to an aromatic ring is 1. The van der Waals surface area contributed by atoms with Crippen molar-refractivity contribution in [1.29, 1.82) is 0 Å². The Balaban J connectivity index is 1.57. The molecule has 0 radical (unpaired) electrons. The number of carbonyl (C=O) groups excluding carboxylic acids is 3. The second kappa shape index (κ2) is 17.4. The SMILES string of the molecule is CC(C)(COP(=O)(O)OP(=O)(O)OC[C@H]1O[C@@H](n2cnc3c(N)ncnc32)[C@H](O)[C@@H]1OP(=O)(O)O)C(O)C(=O)NCCC(=O)NCCSC=O. The molecule has 7 atom stereocenters. The van der Waals surface area contributed by atoms with E-state index in [9.17, 15) is 57.9 Å². The molecule has 0 aliphatic carbocycles. The number of carbonyl (C=O) groups is 3. The molecule has 28 heteroatoms. The van der Waals surface area contributed by atoms with E-state index in [2.05, 4.69) is 34.4 Å². The lowest BCUT2D eigenvalue weighted by Gasteiger charge is -2.30. The zero-order valence-electron chi connectivity index (χ0n) is 26.2. The number of hydrogen-bond donors (Lipinski definition) is 9. The molecule has 0 bridgehead atoms. The van der Waals surface area contributed by atoms with Crippen molar-refractivity contribution in [2.45, 2.75) is 50.9 Å². The Morgan fingerprint density at radius 3 is 2.46 bits per heavy atom. The van der Waals surface area contributed by atoms with Gasteiger partial charge in [-0.15, -0.1) is 0 Å². The molecular formula is C22H36N7O17P3S. The molecule has 1 saturated heterocycles. The van der Waals surface area contributed by atoms with Crippen LogP contribution in [0.3, 0.4) is 0 Å². The van der Waals surface area contributed by atoms with E-state index in [-0.39, 0.29) is 36.5 Å². The first-order valence-electron chi connectivity index (χ1n) is 14.1. The minimum absolute atomic E-state index is 0.0309. The normalized spacial score (nSPS) is 22.8. The number of amides is 2. The van der Waals surface area contributed by atoms with Gasteiger partial charge in [-0.05, 0) is 0 Å². The first-order chi connectivity index (χ1) is 23.2. The summed E-state index contributed by atoms with van der Waals surface area (Å²) < 4.78 is 61.7. The fourth-order valence-electron chi connectivity index (χ4n) is 4.24. The number of phosphoric ester groups is 3. The molecule has 2 aromatic heterocycles. The molecule has 282 valence electrons. The van der Waals surface area contributed by atoms with Gasteiger partial charge in [0, 0.05) is 30.7 Å². The topological polar surface area (TPSA) is 364 Å². The highest BCUT2D eigenvalue weighted by Crippen LogP contribution is 2.61. The average Bonchev–Trinajstić information content (AvgIpc) is 3.57. The molecule has 50 heavy (non-hydrogen) atoms. The largest absolute Gasteiger partial charge is 0.481 e. The molecular weight excluding hydrogens is 759 g/mol. The van der Waals surface area contributed by atoms with Gasteiger partial charge in [-0.1, -0.05) is 25.6 Å². The molecule has 1 aliphatic heterocycles. The van der Waals surface area contributed by atoms with Gasteiger partial charge in [-0.2, -0.15) is 4.31 Å². The first kappa shape index (κ1) is 42.0. The summed E-state index contributed by atoms with van der Waals surface area (Å²) in [6.07, 6.45) is -6.88. The van der Waals surface area contributed by atoms with E-state index in [0.29, 0.717) is 11.4 Å². The lowest BCUT2D eigenvalue weighted by atomic mass is 9.87. The van der Waals surface area contributed by atoms with Crippen LogP contribution in [0.2, 0.25) is 0 Å². The van der Waals surface area contributed by atoms with Crippen LogP contribution in [0.4, 0.5) is 5.82 Å². The third-order valence-electron chi connectivity index (χ3n) is 6.69. The Bertz CT molecular complexity index is 1660. The van der Waals surface area contributed by atoms with Crippen LogP contribution in [-0.4, -0.2) is 123 Å². The van der Waals surface area contributed by atoms with Gasteiger partial charge in [0.15, 0.2) is 23.3 Å². The Kier molecular flexibility index (Phi) is 14.6. The number of nitrogens with two attached hydrogens (primary N) is 1. The first-order valence-corrected chi connectivity index (χ1v) is 19.7. The standard InChI is InChI=1S/C22H36N7O17P3S/c1-22(2,17(33)20(34)25-4-3-13(31)24-5-6-50-11-30)8-43-49(40,41)46-48(38,39)42-7-12-16(45-47(35,36)37)15(32)21(44-12)29-10-28-14-18(23)26-9-27-19(14)29/h9-12,15-17,21,32-33H,3-8H2,1-2H3,(H,24,31)(H,25,34)(H,38,39)(H,40,41)(H2,23,26,27)(H2,35,36,37)/t12-,15-,16-,17?,21-/m1/s1. The van der Waals surface area contributed by atoms with Crippen LogP contribution >= 0.6 is 35.2 Å². The Morgan fingerprint density at radius 1 is 1.12 bits per heavy atom. The Hall–Kier alpha value is -2.44. The maximum absolute atomic E-state index is 12.6. The van der Waals surface area contributed by atoms with Crippen LogP contribution in [0.1, 0.15) is 26.5 Å². The van der Waals surface area contributed by atoms with Crippen LogP contribution in [0, 0.1) is 5.41 Å². The van der Waals surface area contributed by atoms with Crippen molar-refractivity contribution in [3.8, 4) is 0 Å². The molecule has 0 spiro atoms. The number of hydrogen-bond acceptors (Lipinski definition) is 18. The van der Waals surface area contributed by atoms with Crippen molar-refractivity contribution in [2.75, 3.05) is 37.8 Å². The summed E-state index contributed by atoms with van der Waals surface area (Å²) in [4.78, 5) is 85.1. The van der Waals surface area contributed by atoms with Gasteiger partial charge in [-0.25, -0.2) is 28.6 Å². The van der Waals surface area contributed by atoms with Gasteiger partial charge < -0.3 is 50.9 Å². The number of anilines is 1. The molecule has 3 unspecified atom stereocenters. The monoisotopic (exact) mass is 795 g/mol. The van der Waals surface area contributed by atoms with E-state index in [4.69, 9.17) is 19.5 Å². The summed E-state index contributed by atoms with van der Waals surface area (Å²) in [5.41, 5.74) is 4.88. The van der Waals surface area contributed by atoms with Crippen LogP contribution < -0.4 is 16.4 Å². The molecule has 2 aromatic rings. The average molecular weight is 796 g/mol. The molecule has 24 nitrogen and oxygen atoms in total. The van der Waals surface area contributed by atoms with Crippen LogP contribution in [-0.2, 0) is 50.7 Å². The summed E-state index contributed by atoms with van der Waals surface area (Å²) in [6, 6.07) is 0. The van der Waals surface area contributed by atoms with E-state index in [0.717, 1.165) is 29.0 Å². The highest BCUT2D eigenvalue weighted by molar-refractivity contribution is 8.11. The van der Waals surface area contributed by atoms with Gasteiger partial charge in [0.2, 0.25) is 11.8 Å². The van der Waals surface area contributed by atoms with Crippen molar-refractivity contribution in [3.05, 3.63) is 12.7 Å². The number of imidazole rings is 1. The fraction of sp³-hybridized carbons (Fsp3) is 0.636. The summed E-state index contributed by atoms with van der Waals surface area (Å²) >= 11 is 0.960. The van der Waals surface area contributed by atoms with Gasteiger partial charge >= 0.3 is 23.5 Å². The van der Waals surface area contributed by atoms with Crippen molar-refractivity contribution in [2.24, 2.45) is 5.41 Å². The number of thioether (sulfide) groups is 1. The summed E-state index contributed by atoms with van der Waals surface area (Å²) in [5, 5.41) is 26.1. The van der Waals surface area contributed by atoms with E-state index in [1.165, 1.54) is 13.8 Å². The number of nitrogens with zero attached hydrogens (tertiary/aromatic N) is 4. The number of aromatic nitrogens is 4. The fourth-order valence-corrected chi connectivity index (χ4v) is 7.38. The predicted octanol–water partition coefficient (Wildman–Crippen LogP) is -1.67. The van der Waals surface area contributed by atoms with Crippen LogP contribution in [0.15, 0.2) is 12.7 Å². The minimum atomic E-state index is -5.55. The van der Waals surface area contributed by atoms with E-state index < -0.39 is 84.6 Å². The van der Waals surface area contributed by atoms with Gasteiger partial charge in [0.05, 0.1) is 19.5 Å². The van der Waals surface area contributed by atoms with Crippen molar-refractivity contribution >= 4 is 69.6 Å². The minimum Gasteiger partial charge on any atom is -0.386 e. The smallest absolute Gasteiger partial charge is 0.386 e. The second-order valence-corrected chi connectivity index (χ2v) is 16.2. The molecule has 3 heterocycles. The summed E-state index contributed by atoms with van der Waals surface area (Å²) in [5.74, 6) is -1.09. The van der Waals surface area contributed by atoms with Crippen molar-refractivity contribution in [1.82, 2.24) is 30.2 Å². The second-order valence-electron chi connectivity index (χ2n) is 11.0. The number of fused-ring (bicyclic) bond motifs is 1. The van der Waals surface area contributed by atoms with E-state index in [1.54, 1.807) is 0 Å². The van der Waals surface area contributed by atoms with Gasteiger partial charge in [0.25, 0.3) is 0 Å². The third kappa shape index (κ3) is 12.1. The van der Waals surface area contributed by atoms with Crippen LogP contribution in [0.5, 0.6) is 0 Å². The number of phosphoric acid groups is 3. The third-order valence-corrected chi connectivity index (χ3v) is 10.4. The zero-order valence-corrected chi connectivity index (χ0v) is 29.7. The predicted molar refractivity (Wildman–Crippen MR) is 169 cm³/mol. The van der Waals surface area contributed by atoms with E-state index in [1.807, 2.05) is 0 Å². The zero-order chi connectivity index (χ0) is 37.5. The maximum Gasteiger partial charge on any atom is 0.481 e. The summed E-state index contributed by atoms with van der Waals surface area (Å²) in [7, 11) is -16.3. The molecule has 1 aliphatic rings. The quantitative estimate of drug-likeness (QED) is 0.0411. The van der Waals surface area contributed by atoms with Gasteiger partial charge in [-0.3, -0.25) is 32.5 Å². The molecule has 10 N–H and O–H groups in total. The summed E-state index contributed by atoms with van der Waals surface area (Å²) in [6.45, 7) is 0.515. The number of aliphatic hydroxyl groups excluding tert-OH is 2. The number of rotatable bonds is 20. The lowest BCUT2D eigenvalue weighted by Crippen LogP contribution is -2.46. The Labute approximate surface area is 286 Å². The highest BCUT2D eigenvalue weighted by atomic mass is 32.2. The Morgan fingerprint density at radius 2 is 1.80 bits per heavy atom. The number of aliphatic hydroxyl groups is 2. The van der Waals surface area contributed by atoms with Crippen molar-refractivity contribution in [3.63, 3.8) is 0 Å². The number of ether oxygens (including phenoxy) is 1. The molecule has 0 aromatic carbocycles.